The van der Waals surface area contributed by atoms with Gasteiger partial charge >= 0.3 is 0 Å². The number of aromatic nitrogens is 2. The van der Waals surface area contributed by atoms with Crippen LogP contribution in [0.4, 0.5) is 0 Å². The second-order valence-electron chi connectivity index (χ2n) is 5.27. The predicted octanol–water partition coefficient (Wildman–Crippen LogP) is 2.40. The predicted molar refractivity (Wildman–Crippen MR) is 70.9 cm³/mol. The Morgan fingerprint density at radius 1 is 1.44 bits per heavy atom. The maximum atomic E-state index is 11.7. The number of imidazole rings is 1. The number of hydrogen-bond donors (Lipinski definition) is 1. The molecule has 0 aromatic carbocycles. The lowest BCUT2D eigenvalue weighted by atomic mass is 9.86. The SMILES string of the molecule is Cn1ccnc1CNC(=O)CCC1CCCCC1. The van der Waals surface area contributed by atoms with Crippen LogP contribution in [0.25, 0.3) is 0 Å². The number of rotatable bonds is 5. The van der Waals surface area contributed by atoms with Crippen LogP contribution in [0.3, 0.4) is 0 Å². The molecule has 1 aromatic heterocycles. The summed E-state index contributed by atoms with van der Waals surface area (Å²) >= 11 is 0. The van der Waals surface area contributed by atoms with Gasteiger partial charge in [0, 0.05) is 25.9 Å². The van der Waals surface area contributed by atoms with Gasteiger partial charge in [-0.15, -0.1) is 0 Å². The Morgan fingerprint density at radius 3 is 2.89 bits per heavy atom. The minimum absolute atomic E-state index is 0.156. The third kappa shape index (κ3) is 3.86. The van der Waals surface area contributed by atoms with Crippen molar-refractivity contribution in [3.8, 4) is 0 Å². The minimum Gasteiger partial charge on any atom is -0.349 e. The molecule has 0 spiro atoms. The number of aryl methyl sites for hydroxylation is 1. The summed E-state index contributed by atoms with van der Waals surface area (Å²) in [6, 6.07) is 0. The third-order valence-electron chi connectivity index (χ3n) is 3.87. The largest absolute Gasteiger partial charge is 0.349 e. The standard InChI is InChI=1S/C14H23N3O/c1-17-10-9-15-13(17)11-16-14(18)8-7-12-5-3-2-4-6-12/h9-10,12H,2-8,11H2,1H3,(H,16,18). The van der Waals surface area contributed by atoms with Crippen molar-refractivity contribution in [2.24, 2.45) is 13.0 Å². The highest BCUT2D eigenvalue weighted by molar-refractivity contribution is 5.75. The van der Waals surface area contributed by atoms with Crippen molar-refractivity contribution in [3.63, 3.8) is 0 Å². The first-order valence-electron chi connectivity index (χ1n) is 6.98. The Kier molecular flexibility index (Phi) is 4.79. The highest BCUT2D eigenvalue weighted by atomic mass is 16.1. The van der Waals surface area contributed by atoms with E-state index in [1.54, 1.807) is 6.20 Å². The Labute approximate surface area is 109 Å². The van der Waals surface area contributed by atoms with Crippen molar-refractivity contribution in [1.82, 2.24) is 14.9 Å². The van der Waals surface area contributed by atoms with Crippen molar-refractivity contribution in [2.75, 3.05) is 0 Å². The Hall–Kier alpha value is -1.32. The van der Waals surface area contributed by atoms with Crippen molar-refractivity contribution in [3.05, 3.63) is 18.2 Å². The average molecular weight is 249 g/mol. The molecular formula is C14H23N3O. The quantitative estimate of drug-likeness (QED) is 0.871. The Balaban J connectivity index is 1.64. The highest BCUT2D eigenvalue weighted by Gasteiger charge is 2.14. The van der Waals surface area contributed by atoms with Crippen LogP contribution in [0, 0.1) is 5.92 Å². The molecule has 1 heterocycles. The summed E-state index contributed by atoms with van der Waals surface area (Å²) in [5.74, 6) is 1.84. The fourth-order valence-corrected chi connectivity index (χ4v) is 2.64. The summed E-state index contributed by atoms with van der Waals surface area (Å²) < 4.78 is 1.93. The van der Waals surface area contributed by atoms with Crippen LogP contribution >= 0.6 is 0 Å². The second kappa shape index (κ2) is 6.57. The monoisotopic (exact) mass is 249 g/mol. The molecule has 0 aliphatic heterocycles. The molecule has 0 radical (unpaired) electrons. The summed E-state index contributed by atoms with van der Waals surface area (Å²) in [4.78, 5) is 15.9. The van der Waals surface area contributed by atoms with Gasteiger partial charge < -0.3 is 9.88 Å². The number of nitrogens with one attached hydrogen (secondary N) is 1. The van der Waals surface area contributed by atoms with Gasteiger partial charge in [-0.05, 0) is 12.3 Å². The van der Waals surface area contributed by atoms with E-state index in [0.29, 0.717) is 13.0 Å². The van der Waals surface area contributed by atoms with Crippen LogP contribution in [-0.2, 0) is 18.4 Å². The third-order valence-corrected chi connectivity index (χ3v) is 3.87. The average Bonchev–Trinajstić information content (AvgIpc) is 2.81. The molecule has 0 saturated heterocycles. The van der Waals surface area contributed by atoms with Gasteiger partial charge in [-0.2, -0.15) is 0 Å². The lowest BCUT2D eigenvalue weighted by Gasteiger charge is -2.20. The molecule has 18 heavy (non-hydrogen) atoms. The molecule has 100 valence electrons. The van der Waals surface area contributed by atoms with Gasteiger partial charge in [0.25, 0.3) is 0 Å². The first-order chi connectivity index (χ1) is 8.75. The molecule has 1 fully saturated rings. The maximum Gasteiger partial charge on any atom is 0.220 e. The molecule has 4 nitrogen and oxygen atoms in total. The van der Waals surface area contributed by atoms with Gasteiger partial charge in [0.1, 0.15) is 5.82 Å². The fourth-order valence-electron chi connectivity index (χ4n) is 2.64. The first kappa shape index (κ1) is 13.1. The van der Waals surface area contributed by atoms with E-state index >= 15 is 0 Å². The van der Waals surface area contributed by atoms with E-state index in [1.165, 1.54) is 32.1 Å². The van der Waals surface area contributed by atoms with Crippen LogP contribution < -0.4 is 5.32 Å². The number of carbonyl (C=O) groups is 1. The number of hydrogen-bond acceptors (Lipinski definition) is 2. The van der Waals surface area contributed by atoms with Crippen LogP contribution in [0.15, 0.2) is 12.4 Å². The summed E-state index contributed by atoms with van der Waals surface area (Å²) in [6.45, 7) is 0.535. The molecule has 0 bridgehead atoms. The van der Waals surface area contributed by atoms with Gasteiger partial charge in [0.15, 0.2) is 0 Å². The lowest BCUT2D eigenvalue weighted by Crippen LogP contribution is -2.25. The Morgan fingerprint density at radius 2 is 2.22 bits per heavy atom. The number of carbonyl (C=O) groups excluding carboxylic acids is 1. The molecule has 1 aromatic rings. The van der Waals surface area contributed by atoms with E-state index in [-0.39, 0.29) is 5.91 Å². The van der Waals surface area contributed by atoms with Crippen LogP contribution in [0.1, 0.15) is 50.8 Å². The van der Waals surface area contributed by atoms with Crippen molar-refractivity contribution in [1.29, 1.82) is 0 Å². The molecule has 0 atom stereocenters. The number of amides is 1. The Bertz CT molecular complexity index is 380. The van der Waals surface area contributed by atoms with Crippen molar-refractivity contribution < 1.29 is 4.79 Å². The first-order valence-corrected chi connectivity index (χ1v) is 6.98. The smallest absolute Gasteiger partial charge is 0.220 e. The zero-order chi connectivity index (χ0) is 12.8. The normalized spacial score (nSPS) is 16.7. The van der Waals surface area contributed by atoms with E-state index in [1.807, 2.05) is 17.8 Å². The minimum atomic E-state index is 0.156. The van der Waals surface area contributed by atoms with E-state index in [0.717, 1.165) is 18.2 Å². The molecule has 1 saturated carbocycles. The van der Waals surface area contributed by atoms with Crippen LogP contribution in [0.5, 0.6) is 0 Å². The number of nitrogens with zero attached hydrogens (tertiary/aromatic N) is 2. The van der Waals surface area contributed by atoms with Gasteiger partial charge in [-0.25, -0.2) is 4.98 Å². The molecule has 1 aliphatic rings. The molecule has 1 N–H and O–H groups in total. The topological polar surface area (TPSA) is 46.9 Å². The van der Waals surface area contributed by atoms with E-state index in [4.69, 9.17) is 0 Å². The summed E-state index contributed by atoms with van der Waals surface area (Å²) in [5, 5.41) is 2.94. The van der Waals surface area contributed by atoms with E-state index in [9.17, 15) is 4.79 Å². The van der Waals surface area contributed by atoms with Gasteiger partial charge in [-0.3, -0.25) is 4.79 Å². The van der Waals surface area contributed by atoms with Crippen LogP contribution in [0.2, 0.25) is 0 Å². The fraction of sp³-hybridized carbons (Fsp3) is 0.714. The summed E-state index contributed by atoms with van der Waals surface area (Å²) in [7, 11) is 1.94. The molecular weight excluding hydrogens is 226 g/mol. The summed E-state index contributed by atoms with van der Waals surface area (Å²) in [6.07, 6.45) is 12.1. The zero-order valence-corrected chi connectivity index (χ0v) is 11.2. The maximum absolute atomic E-state index is 11.7. The zero-order valence-electron chi connectivity index (χ0n) is 11.2. The van der Waals surface area contributed by atoms with E-state index < -0.39 is 0 Å². The van der Waals surface area contributed by atoms with Crippen molar-refractivity contribution >= 4 is 5.91 Å². The molecule has 0 unspecified atom stereocenters. The molecule has 1 aliphatic carbocycles. The highest BCUT2D eigenvalue weighted by Crippen LogP contribution is 2.27. The van der Waals surface area contributed by atoms with Crippen LogP contribution in [-0.4, -0.2) is 15.5 Å². The molecule has 4 heteroatoms. The second-order valence-corrected chi connectivity index (χ2v) is 5.27. The van der Waals surface area contributed by atoms with Crippen molar-refractivity contribution in [2.45, 2.75) is 51.5 Å². The van der Waals surface area contributed by atoms with E-state index in [2.05, 4.69) is 10.3 Å². The summed E-state index contributed by atoms with van der Waals surface area (Å²) in [5.41, 5.74) is 0. The van der Waals surface area contributed by atoms with Gasteiger partial charge in [0.05, 0.1) is 6.54 Å². The van der Waals surface area contributed by atoms with Gasteiger partial charge in [0.2, 0.25) is 5.91 Å². The molecule has 2 rings (SSSR count). The molecule has 1 amide bonds. The lowest BCUT2D eigenvalue weighted by molar-refractivity contribution is -0.121. The van der Waals surface area contributed by atoms with Gasteiger partial charge in [-0.1, -0.05) is 32.1 Å².